The molecule has 0 saturated heterocycles. The maximum absolute atomic E-state index is 5.95. The van der Waals surface area contributed by atoms with Crippen LogP contribution in [0.15, 0.2) is 45.3 Å². The van der Waals surface area contributed by atoms with Crippen molar-refractivity contribution in [3.8, 4) is 5.75 Å². The minimum atomic E-state index is 0. The van der Waals surface area contributed by atoms with Gasteiger partial charge in [-0.3, -0.25) is 0 Å². The lowest BCUT2D eigenvalue weighted by molar-refractivity contribution is 0.309. The first kappa shape index (κ1) is 20.7. The van der Waals surface area contributed by atoms with Gasteiger partial charge in [0.05, 0.1) is 11.1 Å². The summed E-state index contributed by atoms with van der Waals surface area (Å²) in [6.45, 7) is 2.84. The molecule has 1 aliphatic rings. The maximum atomic E-state index is 5.95. The van der Waals surface area contributed by atoms with Gasteiger partial charge in [-0.2, -0.15) is 0 Å². The Hall–Kier alpha value is -1.01. The summed E-state index contributed by atoms with van der Waals surface area (Å²) in [6.07, 6.45) is 4.22. The molecule has 1 aliphatic heterocycles. The highest BCUT2D eigenvalue weighted by molar-refractivity contribution is 9.11. The lowest BCUT2D eigenvalue weighted by atomic mass is 9.99. The van der Waals surface area contributed by atoms with Crippen LogP contribution in [0.3, 0.4) is 0 Å². The Balaban J connectivity index is 0.00000210. The molecule has 0 bridgehead atoms. The molecule has 2 heterocycles. The average Bonchev–Trinajstić information content (AvgIpc) is 2.82. The third-order valence-corrected chi connectivity index (χ3v) is 6.06. The Morgan fingerprint density at radius 2 is 1.89 bits per heavy atom. The highest BCUT2D eigenvalue weighted by Crippen LogP contribution is 2.30. The SMILES string of the molecule is Brc1ccc(OCCCc2cccc3[nH]c4c(c23)CCNCC4)c(Br)c1.Cl. The second-order valence-corrected chi connectivity index (χ2v) is 8.47. The third kappa shape index (κ3) is 4.70. The molecule has 0 saturated carbocycles. The van der Waals surface area contributed by atoms with Crippen molar-refractivity contribution in [3.05, 3.63) is 62.2 Å². The van der Waals surface area contributed by atoms with Gasteiger partial charge in [0.15, 0.2) is 0 Å². The Morgan fingerprint density at radius 1 is 1.04 bits per heavy atom. The molecule has 27 heavy (non-hydrogen) atoms. The van der Waals surface area contributed by atoms with Gasteiger partial charge < -0.3 is 15.0 Å². The van der Waals surface area contributed by atoms with Gasteiger partial charge in [0.1, 0.15) is 5.75 Å². The molecule has 2 aromatic carbocycles. The molecular weight excluding hydrogens is 492 g/mol. The molecule has 0 atom stereocenters. The molecule has 1 aromatic heterocycles. The van der Waals surface area contributed by atoms with Crippen LogP contribution >= 0.6 is 44.3 Å². The van der Waals surface area contributed by atoms with Crippen LogP contribution in [-0.4, -0.2) is 24.7 Å². The highest BCUT2D eigenvalue weighted by atomic mass is 79.9. The van der Waals surface area contributed by atoms with E-state index in [-0.39, 0.29) is 12.4 Å². The van der Waals surface area contributed by atoms with Crippen LogP contribution in [0.2, 0.25) is 0 Å². The fourth-order valence-electron chi connectivity index (χ4n) is 3.74. The van der Waals surface area contributed by atoms with Crippen LogP contribution < -0.4 is 10.1 Å². The second kappa shape index (κ2) is 9.46. The number of aryl methyl sites for hydroxylation is 1. The van der Waals surface area contributed by atoms with Crippen molar-refractivity contribution in [2.45, 2.75) is 25.7 Å². The monoisotopic (exact) mass is 512 g/mol. The summed E-state index contributed by atoms with van der Waals surface area (Å²) in [5.74, 6) is 0.896. The van der Waals surface area contributed by atoms with E-state index in [9.17, 15) is 0 Å². The first-order valence-corrected chi connectivity index (χ1v) is 10.7. The zero-order valence-corrected chi connectivity index (χ0v) is 19.0. The predicted molar refractivity (Wildman–Crippen MR) is 121 cm³/mol. The molecule has 144 valence electrons. The number of rotatable bonds is 5. The van der Waals surface area contributed by atoms with Gasteiger partial charge >= 0.3 is 0 Å². The Morgan fingerprint density at radius 3 is 2.74 bits per heavy atom. The lowest BCUT2D eigenvalue weighted by Gasteiger charge is -2.10. The third-order valence-electron chi connectivity index (χ3n) is 4.95. The number of benzene rings is 2. The summed E-state index contributed by atoms with van der Waals surface area (Å²) in [5.41, 5.74) is 5.64. The van der Waals surface area contributed by atoms with Crippen molar-refractivity contribution in [1.82, 2.24) is 10.3 Å². The molecule has 3 aromatic rings. The molecule has 0 amide bonds. The van der Waals surface area contributed by atoms with E-state index in [1.54, 1.807) is 0 Å². The summed E-state index contributed by atoms with van der Waals surface area (Å²) < 4.78 is 7.99. The Bertz CT molecular complexity index is 926. The van der Waals surface area contributed by atoms with Gasteiger partial charge in [-0.05, 0) is 77.1 Å². The summed E-state index contributed by atoms with van der Waals surface area (Å²) in [7, 11) is 0. The van der Waals surface area contributed by atoms with Crippen LogP contribution in [-0.2, 0) is 19.3 Å². The molecule has 6 heteroatoms. The highest BCUT2D eigenvalue weighted by Gasteiger charge is 2.16. The number of hydrogen-bond acceptors (Lipinski definition) is 2. The van der Waals surface area contributed by atoms with Crippen molar-refractivity contribution < 1.29 is 4.74 Å². The van der Waals surface area contributed by atoms with Gasteiger partial charge in [0.2, 0.25) is 0 Å². The largest absolute Gasteiger partial charge is 0.492 e. The fraction of sp³-hybridized carbons (Fsp3) is 0.333. The van der Waals surface area contributed by atoms with Crippen LogP contribution in [0.1, 0.15) is 23.2 Å². The molecule has 0 aliphatic carbocycles. The Labute approximate surface area is 182 Å². The number of ether oxygens (including phenoxy) is 1. The quantitative estimate of drug-likeness (QED) is 0.422. The van der Waals surface area contributed by atoms with Gasteiger partial charge in [-0.1, -0.05) is 28.1 Å². The van der Waals surface area contributed by atoms with Crippen molar-refractivity contribution in [2.24, 2.45) is 0 Å². The standard InChI is InChI=1S/C21H22Br2N2O.ClH/c22-15-6-7-20(17(23)13-15)26-12-2-4-14-3-1-5-19-21(14)16-8-10-24-11-9-18(16)25-19;/h1,3,5-7,13,24-25H,2,4,8-12H2;1H. The number of fused-ring (bicyclic) bond motifs is 3. The van der Waals surface area contributed by atoms with E-state index in [0.29, 0.717) is 6.61 Å². The first-order valence-electron chi connectivity index (χ1n) is 9.12. The molecule has 0 spiro atoms. The number of nitrogens with one attached hydrogen (secondary N) is 2. The average molecular weight is 515 g/mol. The molecule has 0 unspecified atom stereocenters. The number of aromatic nitrogens is 1. The van der Waals surface area contributed by atoms with Crippen LogP contribution in [0.25, 0.3) is 10.9 Å². The van der Waals surface area contributed by atoms with Crippen LogP contribution in [0.4, 0.5) is 0 Å². The number of halogens is 3. The number of H-pyrrole nitrogens is 1. The van der Waals surface area contributed by atoms with E-state index >= 15 is 0 Å². The van der Waals surface area contributed by atoms with E-state index in [1.807, 2.05) is 18.2 Å². The molecule has 4 rings (SSSR count). The minimum absolute atomic E-state index is 0. The fourth-order valence-corrected chi connectivity index (χ4v) is 4.90. The smallest absolute Gasteiger partial charge is 0.133 e. The predicted octanol–water partition coefficient (Wildman–Crippen LogP) is 5.81. The zero-order valence-electron chi connectivity index (χ0n) is 15.0. The molecule has 2 N–H and O–H groups in total. The van der Waals surface area contributed by atoms with Crippen molar-refractivity contribution in [3.63, 3.8) is 0 Å². The summed E-state index contributed by atoms with van der Waals surface area (Å²) >= 11 is 7.03. The van der Waals surface area contributed by atoms with Gasteiger partial charge in [-0.15, -0.1) is 12.4 Å². The van der Waals surface area contributed by atoms with E-state index in [4.69, 9.17) is 4.74 Å². The first-order chi connectivity index (χ1) is 12.7. The van der Waals surface area contributed by atoms with E-state index in [0.717, 1.165) is 53.5 Å². The van der Waals surface area contributed by atoms with Gasteiger partial charge in [0, 0.05) is 34.0 Å². The molecule has 0 fully saturated rings. The summed E-state index contributed by atoms with van der Waals surface area (Å²) in [4.78, 5) is 3.64. The minimum Gasteiger partial charge on any atom is -0.492 e. The van der Waals surface area contributed by atoms with Gasteiger partial charge in [-0.25, -0.2) is 0 Å². The summed E-state index contributed by atoms with van der Waals surface area (Å²) in [6, 6.07) is 12.6. The second-order valence-electron chi connectivity index (χ2n) is 6.70. The van der Waals surface area contributed by atoms with Crippen LogP contribution in [0, 0.1) is 0 Å². The van der Waals surface area contributed by atoms with E-state index in [1.165, 1.54) is 27.7 Å². The lowest BCUT2D eigenvalue weighted by Crippen LogP contribution is -2.16. The van der Waals surface area contributed by atoms with Crippen molar-refractivity contribution in [1.29, 1.82) is 0 Å². The molecular formula is C21H23Br2ClN2O. The molecule has 3 nitrogen and oxygen atoms in total. The maximum Gasteiger partial charge on any atom is 0.133 e. The number of aromatic amines is 1. The molecule has 0 radical (unpaired) electrons. The zero-order chi connectivity index (χ0) is 17.9. The van der Waals surface area contributed by atoms with Crippen molar-refractivity contribution >= 4 is 55.2 Å². The number of hydrogen-bond donors (Lipinski definition) is 2. The van der Waals surface area contributed by atoms with Gasteiger partial charge in [0.25, 0.3) is 0 Å². The topological polar surface area (TPSA) is 37.0 Å². The van der Waals surface area contributed by atoms with E-state index in [2.05, 4.69) is 60.4 Å². The van der Waals surface area contributed by atoms with Crippen LogP contribution in [0.5, 0.6) is 5.75 Å². The van der Waals surface area contributed by atoms with E-state index < -0.39 is 0 Å². The Kier molecular flexibility index (Phi) is 7.26. The normalized spacial score (nSPS) is 13.7. The summed E-state index contributed by atoms with van der Waals surface area (Å²) in [5, 5.41) is 4.94. The van der Waals surface area contributed by atoms with Crippen molar-refractivity contribution in [2.75, 3.05) is 19.7 Å².